The average Bonchev–Trinajstić information content (AvgIpc) is 2.79. The molecule has 0 saturated heterocycles. The number of unbranched alkanes of at least 4 members (excludes halogenated alkanes) is 1. The third-order valence-corrected chi connectivity index (χ3v) is 7.12. The molecule has 0 bridgehead atoms. The van der Waals surface area contributed by atoms with Crippen LogP contribution in [0.3, 0.4) is 0 Å². The van der Waals surface area contributed by atoms with Gasteiger partial charge in [-0.25, -0.2) is 25.9 Å². The van der Waals surface area contributed by atoms with Crippen molar-refractivity contribution in [2.75, 3.05) is 25.9 Å². The molecule has 0 aliphatic heterocycles. The third kappa shape index (κ3) is 6.03. The number of rotatable bonds is 9. The molecule has 0 aliphatic rings. The summed E-state index contributed by atoms with van der Waals surface area (Å²) in [6.45, 7) is 4.43. The Morgan fingerprint density at radius 3 is 2.33 bits per heavy atom. The molecule has 1 heterocycles. The molecule has 1 rings (SSSR count). The number of hydrogen-bond acceptors (Lipinski definition) is 5. The van der Waals surface area contributed by atoms with Crippen molar-refractivity contribution in [3.63, 3.8) is 0 Å². The van der Waals surface area contributed by atoms with Crippen molar-refractivity contribution in [1.82, 2.24) is 9.03 Å². The van der Waals surface area contributed by atoms with E-state index in [1.807, 2.05) is 13.8 Å². The van der Waals surface area contributed by atoms with Crippen molar-refractivity contribution in [2.45, 2.75) is 30.9 Å². The summed E-state index contributed by atoms with van der Waals surface area (Å²) < 4.78 is 51.3. The highest BCUT2D eigenvalue weighted by molar-refractivity contribution is 7.91. The minimum atomic E-state index is -3.55. The van der Waals surface area contributed by atoms with Crippen molar-refractivity contribution in [1.29, 1.82) is 0 Å². The van der Waals surface area contributed by atoms with Gasteiger partial charge in [-0.2, -0.15) is 0 Å². The van der Waals surface area contributed by atoms with Crippen LogP contribution < -0.4 is 4.72 Å². The molecule has 0 radical (unpaired) electrons. The van der Waals surface area contributed by atoms with Gasteiger partial charge in [0.2, 0.25) is 20.0 Å². The van der Waals surface area contributed by atoms with Crippen LogP contribution in [0.15, 0.2) is 16.3 Å². The summed E-state index contributed by atoms with van der Waals surface area (Å²) in [4.78, 5) is 0.913. The predicted octanol–water partition coefficient (Wildman–Crippen LogP) is 1.40. The summed E-state index contributed by atoms with van der Waals surface area (Å²) in [5, 5.41) is 0. The summed E-state index contributed by atoms with van der Waals surface area (Å²) in [6, 6.07) is 3.29. The molecule has 122 valence electrons. The zero-order chi connectivity index (χ0) is 16.1. The lowest BCUT2D eigenvalue weighted by Gasteiger charge is -2.19. The fourth-order valence-corrected chi connectivity index (χ4v) is 4.94. The maximum Gasteiger partial charge on any atom is 0.250 e. The summed E-state index contributed by atoms with van der Waals surface area (Å²) >= 11 is 1.19. The molecule has 0 aliphatic carbocycles. The zero-order valence-corrected chi connectivity index (χ0v) is 14.9. The first kappa shape index (κ1) is 18.6. The van der Waals surface area contributed by atoms with Crippen molar-refractivity contribution >= 4 is 31.4 Å². The molecule has 1 aromatic heterocycles. The van der Waals surface area contributed by atoms with Crippen LogP contribution in [0.2, 0.25) is 0 Å². The van der Waals surface area contributed by atoms with E-state index in [0.29, 0.717) is 6.54 Å². The first-order chi connectivity index (χ1) is 9.66. The third-order valence-electron chi connectivity index (χ3n) is 2.86. The second-order valence-electron chi connectivity index (χ2n) is 4.78. The Kier molecular flexibility index (Phi) is 6.79. The van der Waals surface area contributed by atoms with E-state index in [0.717, 1.165) is 24.0 Å². The van der Waals surface area contributed by atoms with Gasteiger partial charge in [-0.1, -0.05) is 13.3 Å². The van der Waals surface area contributed by atoms with E-state index in [9.17, 15) is 16.8 Å². The van der Waals surface area contributed by atoms with Gasteiger partial charge in [-0.3, -0.25) is 0 Å². The number of nitrogens with one attached hydrogen (secondary N) is 1. The second-order valence-corrected chi connectivity index (χ2v) is 10.0. The maximum absolute atomic E-state index is 12.0. The highest BCUT2D eigenvalue weighted by Crippen LogP contribution is 2.20. The Bertz CT molecular complexity index is 650. The summed E-state index contributed by atoms with van der Waals surface area (Å²) in [6.07, 6.45) is 2.77. The highest BCUT2D eigenvalue weighted by Gasteiger charge is 2.19. The van der Waals surface area contributed by atoms with Gasteiger partial charge < -0.3 is 0 Å². The number of nitrogens with zero attached hydrogens (tertiary/aromatic N) is 1. The number of aryl methyl sites for hydroxylation is 1. The molecule has 6 nitrogen and oxygen atoms in total. The van der Waals surface area contributed by atoms with Gasteiger partial charge in [-0.05, 0) is 25.5 Å². The van der Waals surface area contributed by atoms with Crippen LogP contribution in [0.1, 0.15) is 24.6 Å². The van der Waals surface area contributed by atoms with Crippen LogP contribution in [0, 0.1) is 6.92 Å². The summed E-state index contributed by atoms with van der Waals surface area (Å²) in [5.41, 5.74) is 0. The predicted molar refractivity (Wildman–Crippen MR) is 85.6 cm³/mol. The van der Waals surface area contributed by atoms with Gasteiger partial charge in [0, 0.05) is 24.5 Å². The minimum Gasteiger partial charge on any atom is -0.213 e. The largest absolute Gasteiger partial charge is 0.250 e. The van der Waals surface area contributed by atoms with E-state index in [-0.39, 0.29) is 17.3 Å². The fourth-order valence-electron chi connectivity index (χ4n) is 1.71. The standard InChI is InChI=1S/C12H22N2O4S3/c1-4-5-9-14(20(3,15)16)10-8-13-21(17,18)12-7-6-11(2)19-12/h6-7,13H,4-5,8-10H2,1-3H3. The smallest absolute Gasteiger partial charge is 0.213 e. The topological polar surface area (TPSA) is 83.6 Å². The van der Waals surface area contributed by atoms with Crippen LogP contribution in [0.4, 0.5) is 0 Å². The van der Waals surface area contributed by atoms with E-state index in [2.05, 4.69) is 4.72 Å². The normalized spacial score (nSPS) is 13.0. The first-order valence-corrected chi connectivity index (χ1v) is 10.8. The molecule has 21 heavy (non-hydrogen) atoms. The summed E-state index contributed by atoms with van der Waals surface area (Å²) in [5.74, 6) is 0. The molecule has 0 aromatic carbocycles. The Morgan fingerprint density at radius 2 is 1.86 bits per heavy atom. The van der Waals surface area contributed by atoms with E-state index in [4.69, 9.17) is 0 Å². The first-order valence-electron chi connectivity index (χ1n) is 6.68. The quantitative estimate of drug-likeness (QED) is 0.726. The molecular weight excluding hydrogens is 332 g/mol. The molecule has 1 N–H and O–H groups in total. The van der Waals surface area contributed by atoms with E-state index >= 15 is 0 Å². The number of thiophene rings is 1. The van der Waals surface area contributed by atoms with E-state index in [1.54, 1.807) is 12.1 Å². The molecule has 0 saturated carbocycles. The number of hydrogen-bond donors (Lipinski definition) is 1. The van der Waals surface area contributed by atoms with Gasteiger partial charge >= 0.3 is 0 Å². The monoisotopic (exact) mass is 354 g/mol. The van der Waals surface area contributed by atoms with Gasteiger partial charge in [-0.15, -0.1) is 11.3 Å². The molecule has 0 atom stereocenters. The molecule has 0 spiro atoms. The lowest BCUT2D eigenvalue weighted by molar-refractivity contribution is 0.408. The highest BCUT2D eigenvalue weighted by atomic mass is 32.2. The van der Waals surface area contributed by atoms with Crippen molar-refractivity contribution in [3.05, 3.63) is 17.0 Å². The van der Waals surface area contributed by atoms with Crippen LogP contribution in [0.5, 0.6) is 0 Å². The van der Waals surface area contributed by atoms with Crippen molar-refractivity contribution in [3.8, 4) is 0 Å². The fraction of sp³-hybridized carbons (Fsp3) is 0.667. The molecule has 0 amide bonds. The van der Waals surface area contributed by atoms with Crippen LogP contribution in [0.25, 0.3) is 0 Å². The maximum atomic E-state index is 12.0. The van der Waals surface area contributed by atoms with Crippen molar-refractivity contribution < 1.29 is 16.8 Å². The Labute approximate surface area is 131 Å². The molecule has 9 heteroatoms. The summed E-state index contributed by atoms with van der Waals surface area (Å²) in [7, 11) is -6.87. The molecular formula is C12H22N2O4S3. The molecule has 0 fully saturated rings. The van der Waals surface area contributed by atoms with Crippen molar-refractivity contribution in [2.24, 2.45) is 0 Å². The van der Waals surface area contributed by atoms with E-state index < -0.39 is 20.0 Å². The van der Waals surface area contributed by atoms with E-state index in [1.165, 1.54) is 15.6 Å². The Balaban J connectivity index is 2.61. The average molecular weight is 355 g/mol. The Morgan fingerprint density at radius 1 is 1.19 bits per heavy atom. The lowest BCUT2D eigenvalue weighted by Crippen LogP contribution is -2.38. The Hall–Kier alpha value is -0.480. The minimum absolute atomic E-state index is 0.0655. The van der Waals surface area contributed by atoms with Gasteiger partial charge in [0.15, 0.2) is 0 Å². The SMILES string of the molecule is CCCCN(CCNS(=O)(=O)c1ccc(C)s1)S(C)(=O)=O. The number of sulfonamides is 2. The molecule has 1 aromatic rings. The van der Waals surface area contributed by atoms with Gasteiger partial charge in [0.05, 0.1) is 6.26 Å². The lowest BCUT2D eigenvalue weighted by atomic mass is 10.3. The van der Waals surface area contributed by atoms with Crippen LogP contribution >= 0.6 is 11.3 Å². The van der Waals surface area contributed by atoms with Crippen LogP contribution in [-0.2, 0) is 20.0 Å². The van der Waals surface area contributed by atoms with Crippen LogP contribution in [-0.4, -0.2) is 47.0 Å². The van der Waals surface area contributed by atoms with Gasteiger partial charge in [0.25, 0.3) is 0 Å². The zero-order valence-electron chi connectivity index (χ0n) is 12.5. The molecule has 0 unspecified atom stereocenters. The second kappa shape index (κ2) is 7.68. The van der Waals surface area contributed by atoms with Gasteiger partial charge in [0.1, 0.15) is 4.21 Å².